The van der Waals surface area contributed by atoms with Crippen molar-refractivity contribution < 1.29 is 5.11 Å². The highest BCUT2D eigenvalue weighted by Gasteiger charge is 2.23. The van der Waals surface area contributed by atoms with E-state index < -0.39 is 0 Å². The van der Waals surface area contributed by atoms with Crippen LogP contribution in [0.3, 0.4) is 0 Å². The molecule has 0 aromatic carbocycles. The van der Waals surface area contributed by atoms with Gasteiger partial charge in [0.2, 0.25) is 0 Å². The van der Waals surface area contributed by atoms with E-state index >= 15 is 0 Å². The van der Waals surface area contributed by atoms with E-state index in [2.05, 4.69) is 33.8 Å². The summed E-state index contributed by atoms with van der Waals surface area (Å²) in [6.45, 7) is 9.22. The lowest BCUT2D eigenvalue weighted by atomic mass is 9.76. The van der Waals surface area contributed by atoms with Crippen molar-refractivity contribution in [3.63, 3.8) is 0 Å². The molecular formula is C13H24O. The van der Waals surface area contributed by atoms with Crippen molar-refractivity contribution in [2.24, 2.45) is 17.3 Å². The van der Waals surface area contributed by atoms with Crippen molar-refractivity contribution in [3.8, 4) is 0 Å². The summed E-state index contributed by atoms with van der Waals surface area (Å²) in [5.41, 5.74) is 0.420. The van der Waals surface area contributed by atoms with Crippen molar-refractivity contribution in [3.05, 3.63) is 12.2 Å². The first kappa shape index (κ1) is 11.8. The zero-order valence-corrected chi connectivity index (χ0v) is 9.96. The van der Waals surface area contributed by atoms with E-state index in [9.17, 15) is 5.11 Å². The van der Waals surface area contributed by atoms with Gasteiger partial charge in [-0.15, -0.1) is 0 Å². The number of allylic oxidation sites excluding steroid dienone is 1. The molecule has 1 N–H and O–H groups in total. The molecule has 1 nitrogen and oxygen atoms in total. The smallest absolute Gasteiger partial charge is 0.0721 e. The summed E-state index contributed by atoms with van der Waals surface area (Å²) in [5.74, 6) is 1.41. The Morgan fingerprint density at radius 3 is 2.36 bits per heavy atom. The maximum absolute atomic E-state index is 9.35. The molecule has 0 bridgehead atoms. The van der Waals surface area contributed by atoms with Crippen LogP contribution < -0.4 is 0 Å². The Hall–Kier alpha value is -0.300. The minimum Gasteiger partial charge on any atom is -0.389 e. The van der Waals surface area contributed by atoms with E-state index in [1.807, 2.05) is 6.08 Å². The van der Waals surface area contributed by atoms with Gasteiger partial charge < -0.3 is 5.11 Å². The van der Waals surface area contributed by atoms with Crippen LogP contribution in [0, 0.1) is 17.3 Å². The fourth-order valence-corrected chi connectivity index (χ4v) is 2.42. The fraction of sp³-hybridized carbons (Fsp3) is 0.846. The predicted molar refractivity (Wildman–Crippen MR) is 61.1 cm³/mol. The predicted octanol–water partition coefficient (Wildman–Crippen LogP) is 3.39. The summed E-state index contributed by atoms with van der Waals surface area (Å²) in [7, 11) is 0. The molecule has 0 aliphatic heterocycles. The lowest BCUT2D eigenvalue weighted by Crippen LogP contribution is -2.21. The lowest BCUT2D eigenvalue weighted by molar-refractivity contribution is 0.175. The minimum atomic E-state index is -0.187. The highest BCUT2D eigenvalue weighted by atomic mass is 16.3. The molecule has 14 heavy (non-hydrogen) atoms. The van der Waals surface area contributed by atoms with E-state index in [1.165, 1.54) is 6.42 Å². The molecule has 3 atom stereocenters. The summed E-state index contributed by atoms with van der Waals surface area (Å²) >= 11 is 0. The molecule has 1 aliphatic carbocycles. The fourth-order valence-electron chi connectivity index (χ4n) is 2.42. The Labute approximate surface area is 88.2 Å². The van der Waals surface area contributed by atoms with Gasteiger partial charge in [-0.05, 0) is 36.5 Å². The third-order valence-electron chi connectivity index (χ3n) is 3.04. The quantitative estimate of drug-likeness (QED) is 0.671. The lowest BCUT2D eigenvalue weighted by Gasteiger charge is -2.30. The monoisotopic (exact) mass is 196 g/mol. The average Bonchev–Trinajstić information content (AvgIpc) is 2.02. The van der Waals surface area contributed by atoms with Crippen molar-refractivity contribution >= 4 is 0 Å². The number of aliphatic hydroxyl groups is 1. The van der Waals surface area contributed by atoms with Gasteiger partial charge in [0.25, 0.3) is 0 Å². The molecule has 1 rings (SSSR count). The van der Waals surface area contributed by atoms with Gasteiger partial charge in [0.15, 0.2) is 0 Å². The van der Waals surface area contributed by atoms with E-state index in [0.29, 0.717) is 11.3 Å². The van der Waals surface area contributed by atoms with Crippen LogP contribution in [-0.4, -0.2) is 11.2 Å². The standard InChI is InChI=1S/C13H24O/c1-10(9-13(2,3)4)11-5-7-12(14)8-6-11/h5,7,10-12,14H,6,8-9H2,1-4H3/t10?,11-,12-/m1/s1. The number of aliphatic hydroxyl groups excluding tert-OH is 1. The van der Waals surface area contributed by atoms with Gasteiger partial charge in [-0.3, -0.25) is 0 Å². The molecule has 0 amide bonds. The first-order chi connectivity index (χ1) is 6.38. The average molecular weight is 196 g/mol. The van der Waals surface area contributed by atoms with Gasteiger partial charge in [0, 0.05) is 0 Å². The number of hydrogen-bond donors (Lipinski definition) is 1. The summed E-state index contributed by atoms with van der Waals surface area (Å²) in [6, 6.07) is 0. The zero-order chi connectivity index (χ0) is 10.8. The van der Waals surface area contributed by atoms with Crippen molar-refractivity contribution in [1.82, 2.24) is 0 Å². The zero-order valence-electron chi connectivity index (χ0n) is 9.96. The van der Waals surface area contributed by atoms with Crippen LogP contribution in [0.2, 0.25) is 0 Å². The molecule has 82 valence electrons. The second-order valence-corrected chi connectivity index (χ2v) is 5.94. The van der Waals surface area contributed by atoms with Gasteiger partial charge in [-0.1, -0.05) is 39.8 Å². The van der Waals surface area contributed by atoms with Crippen LogP contribution in [0.15, 0.2) is 12.2 Å². The summed E-state index contributed by atoms with van der Waals surface area (Å²) in [6.07, 6.45) is 7.34. The Kier molecular flexibility index (Phi) is 3.77. The Bertz CT molecular complexity index is 200. The van der Waals surface area contributed by atoms with Crippen LogP contribution in [0.1, 0.15) is 47.0 Å². The van der Waals surface area contributed by atoms with Crippen molar-refractivity contribution in [2.45, 2.75) is 53.1 Å². The van der Waals surface area contributed by atoms with E-state index in [-0.39, 0.29) is 6.10 Å². The molecule has 0 saturated heterocycles. The van der Waals surface area contributed by atoms with Gasteiger partial charge in [0.05, 0.1) is 6.10 Å². The molecule has 0 spiro atoms. The SMILES string of the molecule is CC(CC(C)(C)C)[C@@H]1C=C[C@@H](O)CC1. The molecule has 1 heteroatoms. The molecule has 0 radical (unpaired) electrons. The van der Waals surface area contributed by atoms with Gasteiger partial charge in [0.1, 0.15) is 0 Å². The molecule has 0 aromatic rings. The summed E-state index contributed by atoms with van der Waals surface area (Å²) in [5, 5.41) is 9.35. The topological polar surface area (TPSA) is 20.2 Å². The third-order valence-corrected chi connectivity index (χ3v) is 3.04. The number of rotatable bonds is 2. The van der Waals surface area contributed by atoms with E-state index in [0.717, 1.165) is 18.8 Å². The normalized spacial score (nSPS) is 30.4. The molecule has 0 saturated carbocycles. The molecule has 1 unspecified atom stereocenters. The van der Waals surface area contributed by atoms with E-state index in [4.69, 9.17) is 0 Å². The van der Waals surface area contributed by atoms with Gasteiger partial charge in [-0.25, -0.2) is 0 Å². The second-order valence-electron chi connectivity index (χ2n) is 5.94. The van der Waals surface area contributed by atoms with Crippen LogP contribution in [0.4, 0.5) is 0 Å². The third kappa shape index (κ3) is 3.83. The first-order valence-corrected chi connectivity index (χ1v) is 5.75. The van der Waals surface area contributed by atoms with Crippen LogP contribution in [0.25, 0.3) is 0 Å². The Balaban J connectivity index is 2.46. The molecule has 0 heterocycles. The van der Waals surface area contributed by atoms with Crippen molar-refractivity contribution in [1.29, 1.82) is 0 Å². The highest BCUT2D eigenvalue weighted by molar-refractivity contribution is 5.00. The van der Waals surface area contributed by atoms with E-state index in [1.54, 1.807) is 0 Å². The maximum Gasteiger partial charge on any atom is 0.0721 e. The minimum absolute atomic E-state index is 0.187. The number of hydrogen-bond acceptors (Lipinski definition) is 1. The van der Waals surface area contributed by atoms with Gasteiger partial charge >= 0.3 is 0 Å². The maximum atomic E-state index is 9.35. The van der Waals surface area contributed by atoms with Crippen LogP contribution >= 0.6 is 0 Å². The first-order valence-electron chi connectivity index (χ1n) is 5.75. The Morgan fingerprint density at radius 1 is 1.29 bits per heavy atom. The Morgan fingerprint density at radius 2 is 1.93 bits per heavy atom. The largest absolute Gasteiger partial charge is 0.389 e. The van der Waals surface area contributed by atoms with Crippen LogP contribution in [-0.2, 0) is 0 Å². The molecule has 0 aromatic heterocycles. The highest BCUT2D eigenvalue weighted by Crippen LogP contribution is 2.33. The molecule has 1 aliphatic rings. The van der Waals surface area contributed by atoms with Crippen LogP contribution in [0.5, 0.6) is 0 Å². The summed E-state index contributed by atoms with van der Waals surface area (Å²) in [4.78, 5) is 0. The molecule has 0 fully saturated rings. The molecular weight excluding hydrogens is 172 g/mol. The van der Waals surface area contributed by atoms with Crippen molar-refractivity contribution in [2.75, 3.05) is 0 Å². The van der Waals surface area contributed by atoms with Gasteiger partial charge in [-0.2, -0.15) is 0 Å². The second kappa shape index (κ2) is 4.48. The summed E-state index contributed by atoms with van der Waals surface area (Å²) < 4.78 is 0.